The van der Waals surface area contributed by atoms with Crippen LogP contribution in [0.4, 0.5) is 4.39 Å². The van der Waals surface area contributed by atoms with Gasteiger partial charge in [-0.1, -0.05) is 0 Å². The van der Waals surface area contributed by atoms with Crippen LogP contribution < -0.4 is 10.9 Å². The van der Waals surface area contributed by atoms with Crippen LogP contribution in [0, 0.1) is 5.82 Å². The number of fused-ring (bicyclic) bond motifs is 1. The first-order valence-electron chi connectivity index (χ1n) is 6.70. The maximum Gasteiger partial charge on any atom is 0.261 e. The number of hydrogen-bond acceptors (Lipinski definition) is 3. The monoisotopic (exact) mass is 292 g/mol. The van der Waals surface area contributed by atoms with Crippen LogP contribution >= 0.6 is 0 Å². The Morgan fingerprint density at radius 2 is 2.14 bits per heavy atom. The molecule has 0 saturated heterocycles. The van der Waals surface area contributed by atoms with E-state index in [0.717, 1.165) is 0 Å². The summed E-state index contributed by atoms with van der Waals surface area (Å²) in [6, 6.07) is 5.46. The first-order valence-corrected chi connectivity index (χ1v) is 6.70. The first kappa shape index (κ1) is 15.2. The Morgan fingerprint density at radius 1 is 1.38 bits per heavy atom. The summed E-state index contributed by atoms with van der Waals surface area (Å²) in [5.41, 5.74) is -0.186. The van der Waals surface area contributed by atoms with E-state index >= 15 is 0 Å². The van der Waals surface area contributed by atoms with Gasteiger partial charge < -0.3 is 15.0 Å². The highest BCUT2D eigenvalue weighted by atomic mass is 19.1. The summed E-state index contributed by atoms with van der Waals surface area (Å²) >= 11 is 0. The molecule has 0 fully saturated rings. The molecule has 0 radical (unpaired) electrons. The molecule has 0 spiro atoms. The van der Waals surface area contributed by atoms with Crippen LogP contribution in [0.25, 0.3) is 10.9 Å². The number of hydrogen-bond donors (Lipinski definition) is 2. The number of rotatable bonds is 5. The van der Waals surface area contributed by atoms with Gasteiger partial charge in [0.1, 0.15) is 11.4 Å². The molecular formula is C15H17FN2O3. The van der Waals surface area contributed by atoms with Crippen LogP contribution in [0.15, 0.2) is 29.1 Å². The number of amides is 1. The van der Waals surface area contributed by atoms with E-state index in [9.17, 15) is 14.0 Å². The summed E-state index contributed by atoms with van der Waals surface area (Å²) in [6.07, 6.45) is 0.0841. The lowest BCUT2D eigenvalue weighted by Crippen LogP contribution is -2.32. The van der Waals surface area contributed by atoms with E-state index in [1.165, 1.54) is 24.3 Å². The number of nitrogens with one attached hydrogen (secondary N) is 2. The molecule has 1 aromatic heterocycles. The largest absolute Gasteiger partial charge is 0.377 e. The van der Waals surface area contributed by atoms with Gasteiger partial charge in [0.2, 0.25) is 0 Å². The molecular weight excluding hydrogens is 275 g/mol. The first-order chi connectivity index (χ1) is 9.97. The Kier molecular flexibility index (Phi) is 4.70. The molecule has 5 nitrogen and oxygen atoms in total. The number of carbonyl (C=O) groups is 1. The molecule has 0 atom stereocenters. The van der Waals surface area contributed by atoms with Crippen molar-refractivity contribution in [2.24, 2.45) is 0 Å². The lowest BCUT2D eigenvalue weighted by Gasteiger charge is -2.08. The molecule has 112 valence electrons. The number of H-pyrrole nitrogens is 1. The number of halogens is 1. The third-order valence-electron chi connectivity index (χ3n) is 2.89. The fourth-order valence-corrected chi connectivity index (χ4v) is 1.90. The van der Waals surface area contributed by atoms with E-state index in [1.54, 1.807) is 0 Å². The number of pyridine rings is 1. The molecule has 2 N–H and O–H groups in total. The van der Waals surface area contributed by atoms with Gasteiger partial charge in [-0.2, -0.15) is 0 Å². The van der Waals surface area contributed by atoms with Crippen molar-refractivity contribution in [2.75, 3.05) is 13.2 Å². The lowest BCUT2D eigenvalue weighted by molar-refractivity contribution is 0.0746. The second kappa shape index (κ2) is 6.49. The van der Waals surface area contributed by atoms with Gasteiger partial charge in [0.15, 0.2) is 0 Å². The summed E-state index contributed by atoms with van der Waals surface area (Å²) in [5.74, 6) is -0.920. The Hall–Kier alpha value is -2.21. The van der Waals surface area contributed by atoms with Crippen molar-refractivity contribution in [2.45, 2.75) is 20.0 Å². The predicted molar refractivity (Wildman–Crippen MR) is 77.9 cm³/mol. The van der Waals surface area contributed by atoms with Gasteiger partial charge >= 0.3 is 0 Å². The Morgan fingerprint density at radius 3 is 2.86 bits per heavy atom. The van der Waals surface area contributed by atoms with Crippen molar-refractivity contribution < 1.29 is 13.9 Å². The van der Waals surface area contributed by atoms with Gasteiger partial charge in [0.05, 0.1) is 18.2 Å². The molecule has 0 aliphatic carbocycles. The SMILES string of the molecule is CC(C)OCCNC(=O)c1cc2ccc(F)cc2[nH]c1=O. The van der Waals surface area contributed by atoms with Crippen LogP contribution in [-0.2, 0) is 4.74 Å². The molecule has 6 heteroatoms. The van der Waals surface area contributed by atoms with Gasteiger partial charge in [-0.15, -0.1) is 0 Å². The van der Waals surface area contributed by atoms with E-state index in [-0.39, 0.29) is 11.7 Å². The topological polar surface area (TPSA) is 71.2 Å². The fourth-order valence-electron chi connectivity index (χ4n) is 1.90. The molecule has 0 aliphatic rings. The minimum absolute atomic E-state index is 0.00125. The van der Waals surface area contributed by atoms with Crippen molar-refractivity contribution >= 4 is 16.8 Å². The standard InChI is InChI=1S/C15H17FN2O3/c1-9(2)21-6-5-17-14(19)12-7-10-3-4-11(16)8-13(10)18-15(12)20/h3-4,7-9H,5-6H2,1-2H3,(H,17,19)(H,18,20). The highest BCUT2D eigenvalue weighted by molar-refractivity contribution is 5.97. The molecule has 2 aromatic rings. The van der Waals surface area contributed by atoms with Gasteiger partial charge in [0, 0.05) is 6.54 Å². The minimum atomic E-state index is -0.546. The van der Waals surface area contributed by atoms with Gasteiger partial charge in [-0.25, -0.2) is 4.39 Å². The van der Waals surface area contributed by atoms with E-state index in [4.69, 9.17) is 4.74 Å². The number of ether oxygens (including phenoxy) is 1. The van der Waals surface area contributed by atoms with Crippen molar-refractivity contribution in [3.05, 3.63) is 46.0 Å². The average molecular weight is 292 g/mol. The van der Waals surface area contributed by atoms with Crippen molar-refractivity contribution in [3.8, 4) is 0 Å². The molecule has 1 amide bonds. The number of aromatic amines is 1. The summed E-state index contributed by atoms with van der Waals surface area (Å²) in [4.78, 5) is 26.3. The zero-order chi connectivity index (χ0) is 15.4. The lowest BCUT2D eigenvalue weighted by atomic mass is 10.1. The van der Waals surface area contributed by atoms with Gasteiger partial charge in [0.25, 0.3) is 11.5 Å². The molecule has 0 bridgehead atoms. The second-order valence-electron chi connectivity index (χ2n) is 4.92. The molecule has 1 aromatic carbocycles. The van der Waals surface area contributed by atoms with Crippen LogP contribution in [-0.4, -0.2) is 30.1 Å². The predicted octanol–water partition coefficient (Wildman–Crippen LogP) is 1.82. The highest BCUT2D eigenvalue weighted by Gasteiger charge is 2.11. The van der Waals surface area contributed by atoms with Gasteiger partial charge in [-0.3, -0.25) is 9.59 Å². The smallest absolute Gasteiger partial charge is 0.261 e. The molecule has 0 aliphatic heterocycles. The number of carbonyl (C=O) groups excluding carboxylic acids is 1. The van der Waals surface area contributed by atoms with Crippen LogP contribution in [0.2, 0.25) is 0 Å². The fraction of sp³-hybridized carbons (Fsp3) is 0.333. The zero-order valence-corrected chi connectivity index (χ0v) is 11.9. The number of aromatic nitrogens is 1. The number of benzene rings is 1. The molecule has 2 rings (SSSR count). The minimum Gasteiger partial charge on any atom is -0.377 e. The maximum absolute atomic E-state index is 13.1. The summed E-state index contributed by atoms with van der Waals surface area (Å²) < 4.78 is 18.4. The normalized spacial score (nSPS) is 11.0. The van der Waals surface area contributed by atoms with E-state index in [1.807, 2.05) is 13.8 Å². The Labute approximate surface area is 121 Å². The summed E-state index contributed by atoms with van der Waals surface area (Å²) in [5, 5.41) is 3.21. The van der Waals surface area contributed by atoms with E-state index in [0.29, 0.717) is 24.1 Å². The van der Waals surface area contributed by atoms with Gasteiger partial charge in [-0.05, 0) is 43.5 Å². The second-order valence-corrected chi connectivity index (χ2v) is 4.92. The maximum atomic E-state index is 13.1. The molecule has 21 heavy (non-hydrogen) atoms. The highest BCUT2D eigenvalue weighted by Crippen LogP contribution is 2.12. The van der Waals surface area contributed by atoms with E-state index in [2.05, 4.69) is 10.3 Å². The van der Waals surface area contributed by atoms with Crippen molar-refractivity contribution in [1.82, 2.24) is 10.3 Å². The summed E-state index contributed by atoms with van der Waals surface area (Å²) in [6.45, 7) is 4.49. The zero-order valence-electron chi connectivity index (χ0n) is 11.9. The third kappa shape index (κ3) is 3.88. The van der Waals surface area contributed by atoms with E-state index < -0.39 is 17.3 Å². The van der Waals surface area contributed by atoms with Crippen LogP contribution in [0.5, 0.6) is 0 Å². The average Bonchev–Trinajstić information content (AvgIpc) is 2.42. The summed E-state index contributed by atoms with van der Waals surface area (Å²) in [7, 11) is 0. The third-order valence-corrected chi connectivity index (χ3v) is 2.89. The van der Waals surface area contributed by atoms with Crippen molar-refractivity contribution in [3.63, 3.8) is 0 Å². The van der Waals surface area contributed by atoms with Crippen LogP contribution in [0.3, 0.4) is 0 Å². The van der Waals surface area contributed by atoms with Crippen molar-refractivity contribution in [1.29, 1.82) is 0 Å². The Balaban J connectivity index is 2.14. The quantitative estimate of drug-likeness (QED) is 0.826. The Bertz CT molecular complexity index is 710. The van der Waals surface area contributed by atoms with Crippen LogP contribution in [0.1, 0.15) is 24.2 Å². The molecule has 0 unspecified atom stereocenters. The molecule has 1 heterocycles. The molecule has 0 saturated carbocycles.